The fourth-order valence-electron chi connectivity index (χ4n) is 2.09. The van der Waals surface area contributed by atoms with Crippen LogP contribution in [0.15, 0.2) is 10.7 Å². The summed E-state index contributed by atoms with van der Waals surface area (Å²) in [5, 5.41) is 3.48. The molecule has 0 aliphatic carbocycles. The second-order valence-corrected chi connectivity index (χ2v) is 4.60. The Hall–Kier alpha value is -0.830. The van der Waals surface area contributed by atoms with Crippen LogP contribution < -0.4 is 5.32 Å². The molecule has 1 N–H and O–H groups in total. The van der Waals surface area contributed by atoms with Crippen molar-refractivity contribution < 1.29 is 4.42 Å². The predicted octanol–water partition coefficient (Wildman–Crippen LogP) is 3.99. The number of oxazole rings is 1. The summed E-state index contributed by atoms with van der Waals surface area (Å²) in [5.74, 6) is 0.758. The highest BCUT2D eigenvalue weighted by molar-refractivity contribution is 5.02. The van der Waals surface area contributed by atoms with Gasteiger partial charge in [0.2, 0.25) is 0 Å². The standard InChI is InChI=1S/C14H26N2O/c1-4-6-7-8-9-10-13(15-5-2)14-11-17-12(3)16-14/h11,13,15H,4-10H2,1-3H3. The molecule has 1 aromatic heterocycles. The summed E-state index contributed by atoms with van der Waals surface area (Å²) in [7, 11) is 0. The van der Waals surface area contributed by atoms with Crippen molar-refractivity contribution in [2.24, 2.45) is 0 Å². The molecule has 1 heterocycles. The van der Waals surface area contributed by atoms with Gasteiger partial charge in [0, 0.05) is 6.92 Å². The molecule has 1 aromatic rings. The fraction of sp³-hybridized carbons (Fsp3) is 0.786. The molecule has 0 saturated heterocycles. The van der Waals surface area contributed by atoms with Crippen LogP contribution in [-0.4, -0.2) is 11.5 Å². The van der Waals surface area contributed by atoms with E-state index in [2.05, 4.69) is 24.1 Å². The SMILES string of the molecule is CCCCCCCC(NCC)c1coc(C)n1. The molecule has 1 unspecified atom stereocenters. The normalized spacial score (nSPS) is 12.9. The van der Waals surface area contributed by atoms with E-state index in [1.807, 2.05) is 6.92 Å². The van der Waals surface area contributed by atoms with E-state index in [0.29, 0.717) is 6.04 Å². The van der Waals surface area contributed by atoms with Crippen molar-refractivity contribution in [2.75, 3.05) is 6.54 Å². The molecule has 0 spiro atoms. The molecule has 3 heteroatoms. The van der Waals surface area contributed by atoms with Gasteiger partial charge >= 0.3 is 0 Å². The highest BCUT2D eigenvalue weighted by Crippen LogP contribution is 2.19. The molecule has 0 aliphatic heterocycles. The van der Waals surface area contributed by atoms with Crippen molar-refractivity contribution >= 4 is 0 Å². The minimum Gasteiger partial charge on any atom is -0.449 e. The molecule has 17 heavy (non-hydrogen) atoms. The van der Waals surface area contributed by atoms with Crippen LogP contribution >= 0.6 is 0 Å². The number of unbranched alkanes of at least 4 members (excludes halogenated alkanes) is 4. The summed E-state index contributed by atoms with van der Waals surface area (Å²) >= 11 is 0. The monoisotopic (exact) mass is 238 g/mol. The molecule has 0 amide bonds. The third-order valence-corrected chi connectivity index (χ3v) is 3.04. The topological polar surface area (TPSA) is 38.1 Å². The number of nitrogens with zero attached hydrogens (tertiary/aromatic N) is 1. The first kappa shape index (κ1) is 14.2. The Morgan fingerprint density at radius 1 is 1.24 bits per heavy atom. The molecule has 0 saturated carbocycles. The zero-order chi connectivity index (χ0) is 12.5. The molecule has 1 atom stereocenters. The van der Waals surface area contributed by atoms with Gasteiger partial charge in [0.1, 0.15) is 6.26 Å². The number of nitrogens with one attached hydrogen (secondary N) is 1. The molecule has 1 rings (SSSR count). The van der Waals surface area contributed by atoms with Crippen LogP contribution in [0.3, 0.4) is 0 Å². The molecule has 0 aromatic carbocycles. The summed E-state index contributed by atoms with van der Waals surface area (Å²) in [4.78, 5) is 4.42. The van der Waals surface area contributed by atoms with Crippen LogP contribution in [0.25, 0.3) is 0 Å². The predicted molar refractivity (Wildman–Crippen MR) is 71.0 cm³/mol. The third kappa shape index (κ3) is 5.35. The average Bonchev–Trinajstić information content (AvgIpc) is 2.74. The number of hydrogen-bond donors (Lipinski definition) is 1. The van der Waals surface area contributed by atoms with E-state index >= 15 is 0 Å². The summed E-state index contributed by atoms with van der Waals surface area (Å²) in [6, 6.07) is 0.360. The molecular formula is C14H26N2O. The summed E-state index contributed by atoms with van der Waals surface area (Å²) < 4.78 is 5.29. The first-order chi connectivity index (χ1) is 8.27. The Morgan fingerprint density at radius 3 is 2.59 bits per heavy atom. The van der Waals surface area contributed by atoms with E-state index in [9.17, 15) is 0 Å². The second kappa shape index (κ2) is 8.29. The largest absolute Gasteiger partial charge is 0.449 e. The Balaban J connectivity index is 2.33. The van der Waals surface area contributed by atoms with Crippen molar-refractivity contribution in [1.82, 2.24) is 10.3 Å². The van der Waals surface area contributed by atoms with Crippen LogP contribution in [0, 0.1) is 6.92 Å². The zero-order valence-corrected chi connectivity index (χ0v) is 11.5. The Bertz CT molecular complexity index is 296. The summed E-state index contributed by atoms with van der Waals surface area (Å²) in [5.41, 5.74) is 1.06. The van der Waals surface area contributed by atoms with E-state index in [1.165, 1.54) is 32.1 Å². The Labute approximate surface area is 105 Å². The van der Waals surface area contributed by atoms with E-state index in [4.69, 9.17) is 4.42 Å². The minimum atomic E-state index is 0.360. The van der Waals surface area contributed by atoms with Gasteiger partial charge in [0.05, 0.1) is 11.7 Å². The van der Waals surface area contributed by atoms with Gasteiger partial charge in [-0.05, 0) is 13.0 Å². The first-order valence-electron chi connectivity index (χ1n) is 6.93. The van der Waals surface area contributed by atoms with Gasteiger partial charge in [0.15, 0.2) is 5.89 Å². The van der Waals surface area contributed by atoms with Gasteiger partial charge < -0.3 is 9.73 Å². The maximum atomic E-state index is 5.29. The van der Waals surface area contributed by atoms with Gasteiger partial charge in [0.25, 0.3) is 0 Å². The summed E-state index contributed by atoms with van der Waals surface area (Å²) in [6.45, 7) is 7.26. The number of hydrogen-bond acceptors (Lipinski definition) is 3. The smallest absolute Gasteiger partial charge is 0.191 e. The number of aromatic nitrogens is 1. The maximum Gasteiger partial charge on any atom is 0.191 e. The molecule has 0 bridgehead atoms. The van der Waals surface area contributed by atoms with E-state index in [1.54, 1.807) is 6.26 Å². The quantitative estimate of drug-likeness (QED) is 0.661. The maximum absolute atomic E-state index is 5.29. The summed E-state index contributed by atoms with van der Waals surface area (Å²) in [6.07, 6.45) is 9.55. The van der Waals surface area contributed by atoms with E-state index < -0.39 is 0 Å². The lowest BCUT2D eigenvalue weighted by atomic mass is 10.0. The van der Waals surface area contributed by atoms with Gasteiger partial charge in [-0.2, -0.15) is 0 Å². The number of aryl methyl sites for hydroxylation is 1. The highest BCUT2D eigenvalue weighted by atomic mass is 16.3. The van der Waals surface area contributed by atoms with Gasteiger partial charge in [-0.15, -0.1) is 0 Å². The first-order valence-corrected chi connectivity index (χ1v) is 6.93. The van der Waals surface area contributed by atoms with Crippen molar-refractivity contribution in [2.45, 2.75) is 65.3 Å². The van der Waals surface area contributed by atoms with E-state index in [0.717, 1.165) is 24.6 Å². The van der Waals surface area contributed by atoms with Gasteiger partial charge in [-0.1, -0.05) is 46.0 Å². The van der Waals surface area contributed by atoms with Gasteiger partial charge in [-0.25, -0.2) is 4.98 Å². The molecular weight excluding hydrogens is 212 g/mol. The molecule has 3 nitrogen and oxygen atoms in total. The third-order valence-electron chi connectivity index (χ3n) is 3.04. The molecule has 0 radical (unpaired) electrons. The van der Waals surface area contributed by atoms with Crippen LogP contribution in [0.5, 0.6) is 0 Å². The minimum absolute atomic E-state index is 0.360. The molecule has 98 valence electrons. The van der Waals surface area contributed by atoms with Crippen LogP contribution in [0.2, 0.25) is 0 Å². The van der Waals surface area contributed by atoms with Crippen molar-refractivity contribution in [3.8, 4) is 0 Å². The lowest BCUT2D eigenvalue weighted by Crippen LogP contribution is -2.21. The van der Waals surface area contributed by atoms with Crippen molar-refractivity contribution in [3.63, 3.8) is 0 Å². The molecule has 0 aliphatic rings. The Kier molecular flexibility index (Phi) is 6.94. The lowest BCUT2D eigenvalue weighted by molar-refractivity contribution is 0.467. The lowest BCUT2D eigenvalue weighted by Gasteiger charge is -2.14. The fourth-order valence-corrected chi connectivity index (χ4v) is 2.09. The van der Waals surface area contributed by atoms with Crippen molar-refractivity contribution in [1.29, 1.82) is 0 Å². The van der Waals surface area contributed by atoms with Crippen LogP contribution in [0.4, 0.5) is 0 Å². The van der Waals surface area contributed by atoms with Crippen molar-refractivity contribution in [3.05, 3.63) is 17.8 Å². The van der Waals surface area contributed by atoms with Crippen LogP contribution in [-0.2, 0) is 0 Å². The second-order valence-electron chi connectivity index (χ2n) is 4.60. The van der Waals surface area contributed by atoms with Crippen LogP contribution in [0.1, 0.15) is 70.0 Å². The molecule has 0 fully saturated rings. The van der Waals surface area contributed by atoms with Gasteiger partial charge in [-0.3, -0.25) is 0 Å². The average molecular weight is 238 g/mol. The van der Waals surface area contributed by atoms with E-state index in [-0.39, 0.29) is 0 Å². The number of rotatable bonds is 9. The Morgan fingerprint density at radius 2 is 2.00 bits per heavy atom. The highest BCUT2D eigenvalue weighted by Gasteiger charge is 2.13. The zero-order valence-electron chi connectivity index (χ0n) is 11.5.